The molecule has 0 radical (unpaired) electrons. The van der Waals surface area contributed by atoms with Crippen LogP contribution in [0.25, 0.3) is 0 Å². The van der Waals surface area contributed by atoms with Gasteiger partial charge in [-0.1, -0.05) is 97.5 Å². The highest BCUT2D eigenvalue weighted by Crippen LogP contribution is 2.32. The Labute approximate surface area is 218 Å². The van der Waals surface area contributed by atoms with Crippen molar-refractivity contribution in [2.24, 2.45) is 0 Å². The molecule has 184 valence electrons. The Bertz CT molecular complexity index is 1180. The summed E-state index contributed by atoms with van der Waals surface area (Å²) < 4.78 is 0. The number of rotatable bonds is 12. The minimum Gasteiger partial charge on any atom is -0.481 e. The first kappa shape index (κ1) is 25.6. The molecule has 4 aromatic rings. The van der Waals surface area contributed by atoms with Gasteiger partial charge in [0, 0.05) is 28.6 Å². The minimum absolute atomic E-state index is 0.449. The van der Waals surface area contributed by atoms with Crippen LogP contribution in [0.2, 0.25) is 0 Å². The monoisotopic (exact) mass is 495 g/mol. The van der Waals surface area contributed by atoms with Crippen LogP contribution in [0.4, 0.5) is 5.69 Å². The Morgan fingerprint density at radius 3 is 1.86 bits per heavy atom. The maximum absolute atomic E-state index is 11.5. The van der Waals surface area contributed by atoms with Gasteiger partial charge in [0.25, 0.3) is 0 Å². The molecule has 0 spiro atoms. The Balaban J connectivity index is 1.49. The van der Waals surface area contributed by atoms with Crippen molar-refractivity contribution in [3.63, 3.8) is 0 Å². The molecule has 0 amide bonds. The van der Waals surface area contributed by atoms with E-state index in [2.05, 4.69) is 89.8 Å². The van der Waals surface area contributed by atoms with Crippen molar-refractivity contribution in [2.45, 2.75) is 41.9 Å². The molecule has 0 heterocycles. The van der Waals surface area contributed by atoms with E-state index in [0.717, 1.165) is 36.4 Å². The van der Waals surface area contributed by atoms with Crippen LogP contribution < -0.4 is 4.90 Å². The molecule has 0 aromatic heterocycles. The number of anilines is 1. The Morgan fingerprint density at radius 2 is 1.33 bits per heavy atom. The van der Waals surface area contributed by atoms with Gasteiger partial charge in [-0.3, -0.25) is 4.79 Å². The van der Waals surface area contributed by atoms with Gasteiger partial charge in [0.05, 0.1) is 5.92 Å². The molecule has 0 saturated carbocycles. The largest absolute Gasteiger partial charge is 0.481 e. The molecule has 0 aliphatic rings. The molecular formula is C32H33NO2S. The summed E-state index contributed by atoms with van der Waals surface area (Å²) in [5.74, 6) is -1.22. The standard InChI is InChI=1S/C32H33NO2S/c1-2-31(32(34)35)27-16-18-29(19-17-27)36-30-15-9-14-28(24-30)33(22-20-25-10-5-3-6-11-25)23-21-26-12-7-4-8-13-26/h3-19,24,31H,2,20-23H2,1H3,(H,34,35). The summed E-state index contributed by atoms with van der Waals surface area (Å²) in [5, 5.41) is 9.44. The maximum Gasteiger partial charge on any atom is 0.310 e. The lowest BCUT2D eigenvalue weighted by molar-refractivity contribution is -0.138. The number of hydrogen-bond acceptors (Lipinski definition) is 3. The van der Waals surface area contributed by atoms with Crippen molar-refractivity contribution in [3.05, 3.63) is 126 Å². The van der Waals surface area contributed by atoms with Crippen molar-refractivity contribution in [2.75, 3.05) is 18.0 Å². The first-order valence-corrected chi connectivity index (χ1v) is 13.4. The summed E-state index contributed by atoms with van der Waals surface area (Å²) in [6.45, 7) is 3.81. The molecule has 0 saturated heterocycles. The van der Waals surface area contributed by atoms with E-state index < -0.39 is 11.9 Å². The van der Waals surface area contributed by atoms with Crippen molar-refractivity contribution in [1.29, 1.82) is 0 Å². The zero-order valence-electron chi connectivity index (χ0n) is 20.7. The van der Waals surface area contributed by atoms with Gasteiger partial charge in [-0.2, -0.15) is 0 Å². The van der Waals surface area contributed by atoms with Gasteiger partial charge >= 0.3 is 5.97 Å². The summed E-state index contributed by atoms with van der Waals surface area (Å²) in [5.41, 5.74) is 4.77. The molecule has 0 aliphatic heterocycles. The zero-order valence-corrected chi connectivity index (χ0v) is 21.5. The maximum atomic E-state index is 11.5. The van der Waals surface area contributed by atoms with Crippen LogP contribution in [0.3, 0.4) is 0 Å². The molecule has 36 heavy (non-hydrogen) atoms. The highest BCUT2D eigenvalue weighted by molar-refractivity contribution is 7.99. The fraction of sp³-hybridized carbons (Fsp3) is 0.219. The Hall–Kier alpha value is -3.50. The van der Waals surface area contributed by atoms with E-state index in [9.17, 15) is 9.90 Å². The molecule has 0 aliphatic carbocycles. The topological polar surface area (TPSA) is 40.5 Å². The van der Waals surface area contributed by atoms with Crippen LogP contribution in [-0.4, -0.2) is 24.2 Å². The summed E-state index contributed by atoms with van der Waals surface area (Å²) in [4.78, 5) is 16.2. The zero-order chi connectivity index (χ0) is 25.2. The lowest BCUT2D eigenvalue weighted by Crippen LogP contribution is -2.28. The molecule has 1 N–H and O–H groups in total. The lowest BCUT2D eigenvalue weighted by atomic mass is 9.97. The van der Waals surface area contributed by atoms with Crippen LogP contribution >= 0.6 is 11.8 Å². The molecule has 0 fully saturated rings. The summed E-state index contributed by atoms with van der Waals surface area (Å²) in [6.07, 6.45) is 2.58. The molecule has 4 heteroatoms. The van der Waals surface area contributed by atoms with E-state index >= 15 is 0 Å². The first-order chi connectivity index (χ1) is 17.6. The van der Waals surface area contributed by atoms with E-state index in [1.165, 1.54) is 21.7 Å². The summed E-state index contributed by atoms with van der Waals surface area (Å²) >= 11 is 1.71. The van der Waals surface area contributed by atoms with Gasteiger partial charge in [0.1, 0.15) is 0 Å². The van der Waals surface area contributed by atoms with Gasteiger partial charge in [-0.25, -0.2) is 0 Å². The number of carboxylic acids is 1. The van der Waals surface area contributed by atoms with Gasteiger partial charge in [-0.15, -0.1) is 0 Å². The number of nitrogens with zero attached hydrogens (tertiary/aromatic N) is 1. The third-order valence-corrected chi connectivity index (χ3v) is 7.43. The van der Waals surface area contributed by atoms with Gasteiger partial charge < -0.3 is 10.0 Å². The van der Waals surface area contributed by atoms with Crippen LogP contribution in [-0.2, 0) is 17.6 Å². The van der Waals surface area contributed by atoms with Crippen molar-refractivity contribution in [3.8, 4) is 0 Å². The number of carboxylic acid groups (broad SMARTS) is 1. The van der Waals surface area contributed by atoms with Crippen molar-refractivity contribution in [1.82, 2.24) is 0 Å². The van der Waals surface area contributed by atoms with Crippen molar-refractivity contribution >= 4 is 23.4 Å². The SMILES string of the molecule is CCC(C(=O)O)c1ccc(Sc2cccc(N(CCc3ccccc3)CCc3ccccc3)c2)cc1. The molecule has 4 rings (SSSR count). The van der Waals surface area contributed by atoms with E-state index in [0.29, 0.717) is 6.42 Å². The average molecular weight is 496 g/mol. The van der Waals surface area contributed by atoms with Gasteiger partial charge in [-0.05, 0) is 66.3 Å². The highest BCUT2D eigenvalue weighted by atomic mass is 32.2. The third kappa shape index (κ3) is 7.25. The predicted molar refractivity (Wildman–Crippen MR) is 150 cm³/mol. The quantitative estimate of drug-likeness (QED) is 0.218. The van der Waals surface area contributed by atoms with Gasteiger partial charge in [0.15, 0.2) is 0 Å². The lowest BCUT2D eigenvalue weighted by Gasteiger charge is -2.26. The van der Waals surface area contributed by atoms with Crippen LogP contribution in [0.1, 0.15) is 36.0 Å². The molecule has 1 unspecified atom stereocenters. The second-order valence-corrected chi connectivity index (χ2v) is 10.1. The molecule has 0 bridgehead atoms. The number of carbonyl (C=O) groups is 1. The average Bonchev–Trinajstić information content (AvgIpc) is 2.91. The highest BCUT2D eigenvalue weighted by Gasteiger charge is 2.17. The molecule has 1 atom stereocenters. The fourth-order valence-corrected chi connectivity index (χ4v) is 5.26. The van der Waals surface area contributed by atoms with E-state index in [1.54, 1.807) is 11.8 Å². The summed E-state index contributed by atoms with van der Waals surface area (Å²) in [7, 11) is 0. The van der Waals surface area contributed by atoms with Gasteiger partial charge in [0.2, 0.25) is 0 Å². The fourth-order valence-electron chi connectivity index (χ4n) is 4.39. The van der Waals surface area contributed by atoms with Crippen LogP contribution in [0.15, 0.2) is 119 Å². The number of hydrogen-bond donors (Lipinski definition) is 1. The molecule has 3 nitrogen and oxygen atoms in total. The van der Waals surface area contributed by atoms with Crippen molar-refractivity contribution < 1.29 is 9.90 Å². The smallest absolute Gasteiger partial charge is 0.310 e. The molecular weight excluding hydrogens is 462 g/mol. The van der Waals surface area contributed by atoms with Crippen LogP contribution in [0, 0.1) is 0 Å². The number of aliphatic carboxylic acids is 1. The second-order valence-electron chi connectivity index (χ2n) is 8.93. The molecule has 4 aromatic carbocycles. The number of benzene rings is 4. The Morgan fingerprint density at radius 1 is 0.750 bits per heavy atom. The van der Waals surface area contributed by atoms with E-state index in [4.69, 9.17) is 0 Å². The van der Waals surface area contributed by atoms with E-state index in [1.807, 2.05) is 31.2 Å². The minimum atomic E-state index is -0.767. The Kier molecular flexibility index (Phi) is 9.23. The normalized spacial score (nSPS) is 11.7. The second kappa shape index (κ2) is 13.0. The van der Waals surface area contributed by atoms with E-state index in [-0.39, 0.29) is 0 Å². The first-order valence-electron chi connectivity index (χ1n) is 12.6. The predicted octanol–water partition coefficient (Wildman–Crippen LogP) is 7.71. The summed E-state index contributed by atoms with van der Waals surface area (Å²) in [6, 6.07) is 38.0. The van der Waals surface area contributed by atoms with Crippen LogP contribution in [0.5, 0.6) is 0 Å². The third-order valence-electron chi connectivity index (χ3n) is 6.43.